The van der Waals surface area contributed by atoms with Gasteiger partial charge in [-0.15, -0.1) is 0 Å². The molecule has 0 bridgehead atoms. The molecule has 36 heavy (non-hydrogen) atoms. The van der Waals surface area contributed by atoms with Gasteiger partial charge in [-0.05, 0) is 66.2 Å². The van der Waals surface area contributed by atoms with Crippen molar-refractivity contribution < 1.29 is 28.8 Å². The van der Waals surface area contributed by atoms with Crippen molar-refractivity contribution in [2.24, 2.45) is 5.10 Å². The zero-order chi connectivity index (χ0) is 26.1. The van der Waals surface area contributed by atoms with E-state index in [1.807, 2.05) is 0 Å². The molecule has 3 aromatic rings. The molecule has 0 aliphatic carbocycles. The highest BCUT2D eigenvalue weighted by atomic mass is 16.6. The third-order valence-electron chi connectivity index (χ3n) is 4.45. The number of rotatable bonds is 7. The van der Waals surface area contributed by atoms with E-state index in [0.717, 1.165) is 0 Å². The van der Waals surface area contributed by atoms with E-state index in [0.29, 0.717) is 16.9 Å². The molecule has 3 amide bonds. The van der Waals surface area contributed by atoms with Crippen molar-refractivity contribution in [3.05, 3.63) is 94.0 Å². The minimum atomic E-state index is -0.995. The molecule has 3 aromatic carbocycles. The molecule has 0 aliphatic rings. The van der Waals surface area contributed by atoms with Crippen LogP contribution in [0.25, 0.3) is 0 Å². The Hall–Kier alpha value is -5.39. The van der Waals surface area contributed by atoms with Crippen LogP contribution in [0.2, 0.25) is 0 Å². The molecule has 0 radical (unpaired) electrons. The fourth-order valence-corrected chi connectivity index (χ4v) is 2.75. The molecule has 0 atom stereocenters. The van der Waals surface area contributed by atoms with Crippen molar-refractivity contribution in [3.63, 3.8) is 0 Å². The zero-order valence-electron chi connectivity index (χ0n) is 18.8. The van der Waals surface area contributed by atoms with E-state index in [1.54, 1.807) is 24.3 Å². The number of nitro groups is 1. The Morgan fingerprint density at radius 3 is 1.97 bits per heavy atom. The van der Waals surface area contributed by atoms with E-state index in [9.17, 15) is 29.3 Å². The zero-order valence-corrected chi connectivity index (χ0v) is 18.8. The van der Waals surface area contributed by atoms with Gasteiger partial charge >= 0.3 is 17.8 Å². The molecule has 0 saturated heterocycles. The van der Waals surface area contributed by atoms with Gasteiger partial charge in [0.05, 0.1) is 16.7 Å². The monoisotopic (exact) mass is 489 g/mol. The first kappa shape index (κ1) is 25.2. The van der Waals surface area contributed by atoms with Crippen LogP contribution in [0.4, 0.5) is 17.1 Å². The smallest absolute Gasteiger partial charge is 0.343 e. The first-order valence-corrected chi connectivity index (χ1v) is 10.3. The van der Waals surface area contributed by atoms with Gasteiger partial charge in [-0.3, -0.25) is 24.5 Å². The predicted octanol–water partition coefficient (Wildman–Crippen LogP) is 2.86. The van der Waals surface area contributed by atoms with E-state index >= 15 is 0 Å². The number of carbonyl (C=O) groups excluding carboxylic acids is 4. The highest BCUT2D eigenvalue weighted by Crippen LogP contribution is 2.16. The first-order chi connectivity index (χ1) is 17.2. The van der Waals surface area contributed by atoms with Gasteiger partial charge in [0, 0.05) is 30.4 Å². The highest BCUT2D eigenvalue weighted by Gasteiger charge is 2.13. The summed E-state index contributed by atoms with van der Waals surface area (Å²) in [5, 5.41) is 19.4. The summed E-state index contributed by atoms with van der Waals surface area (Å²) in [5.74, 6) is -2.63. The van der Waals surface area contributed by atoms with Crippen LogP contribution in [0.15, 0.2) is 77.9 Å². The Morgan fingerprint density at radius 1 is 0.833 bits per heavy atom. The molecule has 0 aliphatic heterocycles. The van der Waals surface area contributed by atoms with Crippen LogP contribution in [-0.2, 0) is 14.4 Å². The van der Waals surface area contributed by atoms with Crippen molar-refractivity contribution in [1.29, 1.82) is 0 Å². The molecule has 182 valence electrons. The van der Waals surface area contributed by atoms with Crippen LogP contribution < -0.4 is 20.8 Å². The second-order valence-electron chi connectivity index (χ2n) is 7.17. The van der Waals surface area contributed by atoms with Crippen molar-refractivity contribution in [1.82, 2.24) is 5.43 Å². The van der Waals surface area contributed by atoms with Gasteiger partial charge in [0.25, 0.3) is 5.69 Å². The van der Waals surface area contributed by atoms with E-state index in [-0.39, 0.29) is 22.9 Å². The summed E-state index contributed by atoms with van der Waals surface area (Å²) < 4.78 is 5.22. The summed E-state index contributed by atoms with van der Waals surface area (Å²) in [4.78, 5) is 57.2. The molecule has 0 fully saturated rings. The number of hydrazone groups is 1. The lowest BCUT2D eigenvalue weighted by molar-refractivity contribution is -0.384. The minimum absolute atomic E-state index is 0.142. The Morgan fingerprint density at radius 2 is 1.42 bits per heavy atom. The Balaban J connectivity index is 1.48. The van der Waals surface area contributed by atoms with E-state index in [4.69, 9.17) is 4.74 Å². The average molecular weight is 489 g/mol. The summed E-state index contributed by atoms with van der Waals surface area (Å²) in [5.41, 5.74) is 3.54. The first-order valence-electron chi connectivity index (χ1n) is 10.3. The molecule has 0 spiro atoms. The molecule has 12 nitrogen and oxygen atoms in total. The molecule has 12 heteroatoms. The van der Waals surface area contributed by atoms with Gasteiger partial charge in [0.1, 0.15) is 5.75 Å². The summed E-state index contributed by atoms with van der Waals surface area (Å²) in [6.07, 6.45) is 1.29. The van der Waals surface area contributed by atoms with Gasteiger partial charge in [0.2, 0.25) is 5.91 Å². The Bertz CT molecular complexity index is 1320. The number of nitrogens with one attached hydrogen (secondary N) is 3. The predicted molar refractivity (Wildman–Crippen MR) is 130 cm³/mol. The molecule has 0 saturated carbocycles. The summed E-state index contributed by atoms with van der Waals surface area (Å²) in [6.45, 7) is 1.37. The third-order valence-corrected chi connectivity index (χ3v) is 4.45. The number of amides is 3. The van der Waals surface area contributed by atoms with Crippen LogP contribution in [0.1, 0.15) is 22.8 Å². The second kappa shape index (κ2) is 11.7. The van der Waals surface area contributed by atoms with Gasteiger partial charge in [0.15, 0.2) is 0 Å². The molecular formula is C24H19N5O7. The van der Waals surface area contributed by atoms with Crippen LogP contribution in [0.3, 0.4) is 0 Å². The fourth-order valence-electron chi connectivity index (χ4n) is 2.75. The highest BCUT2D eigenvalue weighted by molar-refractivity contribution is 6.39. The molecular weight excluding hydrogens is 470 g/mol. The number of non-ortho nitro benzene ring substituents is 1. The number of hydrogen-bond acceptors (Lipinski definition) is 8. The minimum Gasteiger partial charge on any atom is -0.423 e. The standard InChI is InChI=1S/C24H19N5O7/c1-15(30)26-18-6-8-19(9-7-18)27-22(31)23(32)28-25-14-16-2-12-21(13-3-16)36-24(33)17-4-10-20(11-5-17)29(34)35/h2-14H,1H3,(H,26,30)(H,27,31)(H,28,32)/b25-14+. The second-order valence-corrected chi connectivity index (χ2v) is 7.17. The van der Waals surface area contributed by atoms with E-state index in [2.05, 4.69) is 21.2 Å². The fraction of sp³-hybridized carbons (Fsp3) is 0.0417. The number of carbonyl (C=O) groups is 4. The van der Waals surface area contributed by atoms with E-state index < -0.39 is 22.7 Å². The maximum Gasteiger partial charge on any atom is 0.343 e. The normalized spacial score (nSPS) is 10.4. The number of benzene rings is 3. The van der Waals surface area contributed by atoms with Crippen LogP contribution in [0.5, 0.6) is 5.75 Å². The van der Waals surface area contributed by atoms with Crippen LogP contribution in [-0.4, -0.2) is 34.8 Å². The summed E-state index contributed by atoms with van der Waals surface area (Å²) in [6, 6.07) is 17.3. The van der Waals surface area contributed by atoms with Crippen molar-refractivity contribution in [3.8, 4) is 5.75 Å². The van der Waals surface area contributed by atoms with Crippen LogP contribution in [0, 0.1) is 10.1 Å². The van der Waals surface area contributed by atoms with E-state index in [1.165, 1.54) is 61.7 Å². The number of anilines is 2. The number of nitro benzene ring substituents is 1. The third kappa shape index (κ3) is 7.31. The van der Waals surface area contributed by atoms with Gasteiger partial charge in [-0.2, -0.15) is 5.10 Å². The Labute approximate surface area is 204 Å². The van der Waals surface area contributed by atoms with Crippen molar-refractivity contribution in [2.45, 2.75) is 6.92 Å². The summed E-state index contributed by atoms with van der Waals surface area (Å²) >= 11 is 0. The quantitative estimate of drug-likeness (QED) is 0.114. The number of nitrogens with zero attached hydrogens (tertiary/aromatic N) is 2. The number of esters is 1. The maximum atomic E-state index is 12.2. The van der Waals surface area contributed by atoms with Gasteiger partial charge in [-0.1, -0.05) is 0 Å². The lowest BCUT2D eigenvalue weighted by Gasteiger charge is -2.06. The van der Waals surface area contributed by atoms with Gasteiger partial charge in [-0.25, -0.2) is 10.2 Å². The molecule has 0 aromatic heterocycles. The molecule has 3 N–H and O–H groups in total. The molecule has 0 heterocycles. The lowest BCUT2D eigenvalue weighted by atomic mass is 10.2. The number of ether oxygens (including phenoxy) is 1. The molecule has 0 unspecified atom stereocenters. The Kier molecular flexibility index (Phi) is 8.17. The SMILES string of the molecule is CC(=O)Nc1ccc(NC(=O)C(=O)N/N=C/c2ccc(OC(=O)c3ccc([N+](=O)[O-])cc3)cc2)cc1. The largest absolute Gasteiger partial charge is 0.423 e. The van der Waals surface area contributed by atoms with Crippen molar-refractivity contribution in [2.75, 3.05) is 10.6 Å². The maximum absolute atomic E-state index is 12.2. The molecule has 3 rings (SSSR count). The summed E-state index contributed by atoms with van der Waals surface area (Å²) in [7, 11) is 0. The van der Waals surface area contributed by atoms with Gasteiger partial charge < -0.3 is 15.4 Å². The topological polar surface area (TPSA) is 169 Å². The van der Waals surface area contributed by atoms with Crippen molar-refractivity contribution >= 4 is 47.0 Å². The van der Waals surface area contributed by atoms with Crippen LogP contribution >= 0.6 is 0 Å². The number of hydrogen-bond donors (Lipinski definition) is 3. The lowest BCUT2D eigenvalue weighted by Crippen LogP contribution is -2.32. The average Bonchev–Trinajstić information content (AvgIpc) is 2.86.